The lowest BCUT2D eigenvalue weighted by molar-refractivity contribution is 0.0908. The third-order valence-corrected chi connectivity index (χ3v) is 5.95. The Morgan fingerprint density at radius 1 is 0.938 bits per heavy atom. The highest BCUT2D eigenvalue weighted by atomic mass is 31.2. The van der Waals surface area contributed by atoms with Crippen molar-refractivity contribution >= 4 is 7.82 Å². The molecule has 1 rings (SSSR count). The van der Waals surface area contributed by atoms with E-state index in [9.17, 15) is 4.57 Å². The molecule has 0 aliphatic heterocycles. The number of phosphoric ester groups is 1. The molecule has 0 fully saturated rings. The Labute approximate surface area is 193 Å². The number of ether oxygens (including phenoxy) is 1. The fourth-order valence-electron chi connectivity index (χ4n) is 3.61. The molecule has 1 aromatic rings. The van der Waals surface area contributed by atoms with E-state index in [4.69, 9.17) is 19.8 Å². The van der Waals surface area contributed by atoms with Crippen molar-refractivity contribution < 1.29 is 23.6 Å². The fourth-order valence-corrected chi connectivity index (χ4v) is 3.97. The maximum atomic E-state index is 11.0. The molecule has 1 aromatic heterocycles. The van der Waals surface area contributed by atoms with Crippen molar-refractivity contribution in [2.45, 2.75) is 109 Å². The highest BCUT2D eigenvalue weighted by Crippen LogP contribution is 2.36. The van der Waals surface area contributed by atoms with Gasteiger partial charge in [0, 0.05) is 12.3 Å². The standard InChI is InChI=1S/C24H41N2O5P/c1-2-3-4-5-6-7-8-9-10-11-12-13-14-15-16-23(21-30-32(27,28)29)31-24-18-17-22(19-25)20-26-24/h17-18,20,23H,2-16,21H2,1H3,(H2,27,28,29). The molecule has 0 saturated carbocycles. The summed E-state index contributed by atoms with van der Waals surface area (Å²) in [5, 5.41) is 8.84. The van der Waals surface area contributed by atoms with Crippen LogP contribution in [-0.2, 0) is 9.09 Å². The number of aromatic nitrogens is 1. The average Bonchev–Trinajstić information content (AvgIpc) is 2.77. The first-order valence-corrected chi connectivity index (χ1v) is 13.7. The Balaban J connectivity index is 2.15. The van der Waals surface area contributed by atoms with Crippen LogP contribution in [0.2, 0.25) is 0 Å². The lowest BCUT2D eigenvalue weighted by atomic mass is 10.0. The predicted molar refractivity (Wildman–Crippen MR) is 126 cm³/mol. The molecule has 0 amide bonds. The lowest BCUT2D eigenvalue weighted by Crippen LogP contribution is -2.23. The van der Waals surface area contributed by atoms with Crippen LogP contribution < -0.4 is 4.74 Å². The Morgan fingerprint density at radius 2 is 1.47 bits per heavy atom. The maximum Gasteiger partial charge on any atom is 0.469 e. The minimum atomic E-state index is -4.55. The van der Waals surface area contributed by atoms with Crippen molar-refractivity contribution in [3.63, 3.8) is 0 Å². The fraction of sp³-hybridized carbons (Fsp3) is 0.750. The van der Waals surface area contributed by atoms with Gasteiger partial charge in [-0.15, -0.1) is 0 Å². The number of hydrogen-bond donors (Lipinski definition) is 2. The summed E-state index contributed by atoms with van der Waals surface area (Å²) >= 11 is 0. The summed E-state index contributed by atoms with van der Waals surface area (Å²) in [5.41, 5.74) is 0.423. The van der Waals surface area contributed by atoms with Crippen molar-refractivity contribution in [1.29, 1.82) is 5.26 Å². The van der Waals surface area contributed by atoms with Crippen LogP contribution in [0.5, 0.6) is 5.88 Å². The van der Waals surface area contributed by atoms with Crippen LogP contribution in [-0.4, -0.2) is 27.5 Å². The third-order valence-electron chi connectivity index (χ3n) is 5.46. The van der Waals surface area contributed by atoms with Crippen LogP contribution in [0.25, 0.3) is 0 Å². The molecule has 8 heteroatoms. The number of pyridine rings is 1. The van der Waals surface area contributed by atoms with Crippen LogP contribution in [0.1, 0.15) is 109 Å². The van der Waals surface area contributed by atoms with Crippen molar-refractivity contribution in [1.82, 2.24) is 4.98 Å². The van der Waals surface area contributed by atoms with Crippen LogP contribution >= 0.6 is 7.82 Å². The molecule has 1 heterocycles. The first-order valence-electron chi connectivity index (χ1n) is 12.2. The monoisotopic (exact) mass is 468 g/mol. The minimum absolute atomic E-state index is 0.204. The molecule has 0 aliphatic carbocycles. The smallest absolute Gasteiger partial charge is 0.469 e. The summed E-state index contributed by atoms with van der Waals surface area (Å²) in [5.74, 6) is 0.314. The summed E-state index contributed by atoms with van der Waals surface area (Å²) in [6.45, 7) is 2.05. The van der Waals surface area contributed by atoms with Crippen LogP contribution in [0, 0.1) is 11.3 Å². The Hall–Kier alpha value is -1.45. The molecule has 0 radical (unpaired) electrons. The quantitative estimate of drug-likeness (QED) is 0.162. The van der Waals surface area contributed by atoms with E-state index in [-0.39, 0.29) is 6.61 Å². The van der Waals surface area contributed by atoms with Crippen molar-refractivity contribution in [3.8, 4) is 11.9 Å². The molecule has 32 heavy (non-hydrogen) atoms. The first-order chi connectivity index (χ1) is 15.4. The van der Waals surface area contributed by atoms with E-state index in [2.05, 4.69) is 16.4 Å². The Kier molecular flexibility index (Phi) is 16.1. The van der Waals surface area contributed by atoms with Gasteiger partial charge in [0.25, 0.3) is 0 Å². The van der Waals surface area contributed by atoms with Crippen molar-refractivity contribution in [2.75, 3.05) is 6.61 Å². The second kappa shape index (κ2) is 18.0. The number of rotatable bonds is 20. The normalized spacial score (nSPS) is 12.4. The Morgan fingerprint density at radius 3 is 1.91 bits per heavy atom. The number of nitrogens with zero attached hydrogens (tertiary/aromatic N) is 2. The summed E-state index contributed by atoms with van der Waals surface area (Å²) in [4.78, 5) is 22.0. The van der Waals surface area contributed by atoms with Gasteiger partial charge in [0.2, 0.25) is 5.88 Å². The highest BCUT2D eigenvalue weighted by Gasteiger charge is 2.19. The SMILES string of the molecule is CCCCCCCCCCCCCCCCC(COP(=O)(O)O)Oc1ccc(C#N)cn1. The largest absolute Gasteiger partial charge is 0.472 e. The van der Waals surface area contributed by atoms with Gasteiger partial charge in [-0.3, -0.25) is 4.52 Å². The number of hydrogen-bond acceptors (Lipinski definition) is 5. The molecule has 0 aromatic carbocycles. The minimum Gasteiger partial charge on any atom is -0.472 e. The molecular weight excluding hydrogens is 427 g/mol. The summed E-state index contributed by atoms with van der Waals surface area (Å²) in [6, 6.07) is 5.16. The topological polar surface area (TPSA) is 113 Å². The van der Waals surface area contributed by atoms with E-state index in [1.54, 1.807) is 12.1 Å². The molecule has 0 spiro atoms. The van der Waals surface area contributed by atoms with E-state index in [0.29, 0.717) is 17.9 Å². The van der Waals surface area contributed by atoms with Gasteiger partial charge < -0.3 is 14.5 Å². The van der Waals surface area contributed by atoms with E-state index in [1.807, 2.05) is 6.07 Å². The van der Waals surface area contributed by atoms with Gasteiger partial charge in [-0.2, -0.15) is 5.26 Å². The number of phosphoric acid groups is 1. The molecule has 1 atom stereocenters. The summed E-state index contributed by atoms with van der Waals surface area (Å²) < 4.78 is 21.4. The second-order valence-corrected chi connectivity index (χ2v) is 9.65. The van der Waals surface area contributed by atoms with Gasteiger partial charge in [0.1, 0.15) is 12.2 Å². The highest BCUT2D eigenvalue weighted by molar-refractivity contribution is 7.46. The molecule has 1 unspecified atom stereocenters. The number of nitriles is 1. The second-order valence-electron chi connectivity index (χ2n) is 8.41. The summed E-state index contributed by atoms with van der Waals surface area (Å²) in [7, 11) is -4.55. The number of unbranched alkanes of at least 4 members (excludes halogenated alkanes) is 13. The van der Waals surface area contributed by atoms with Crippen LogP contribution in [0.4, 0.5) is 0 Å². The zero-order valence-corrected chi connectivity index (χ0v) is 20.5. The van der Waals surface area contributed by atoms with E-state index >= 15 is 0 Å². The lowest BCUT2D eigenvalue weighted by Gasteiger charge is -2.18. The first kappa shape index (κ1) is 28.6. The molecule has 2 N–H and O–H groups in total. The average molecular weight is 469 g/mol. The molecule has 0 saturated heterocycles. The zero-order chi connectivity index (χ0) is 23.5. The van der Waals surface area contributed by atoms with Gasteiger partial charge >= 0.3 is 7.82 Å². The van der Waals surface area contributed by atoms with Crippen molar-refractivity contribution in [3.05, 3.63) is 23.9 Å². The van der Waals surface area contributed by atoms with E-state index < -0.39 is 13.9 Å². The van der Waals surface area contributed by atoms with Crippen molar-refractivity contribution in [2.24, 2.45) is 0 Å². The van der Waals surface area contributed by atoms with Crippen LogP contribution in [0.15, 0.2) is 18.3 Å². The molecule has 7 nitrogen and oxygen atoms in total. The van der Waals surface area contributed by atoms with Crippen LogP contribution in [0.3, 0.4) is 0 Å². The van der Waals surface area contributed by atoms with E-state index in [0.717, 1.165) is 19.3 Å². The van der Waals surface area contributed by atoms with Gasteiger partial charge in [0.05, 0.1) is 12.2 Å². The molecular formula is C24H41N2O5P. The Bertz CT molecular complexity index is 672. The predicted octanol–water partition coefficient (Wildman–Crippen LogP) is 6.68. The maximum absolute atomic E-state index is 11.0. The molecule has 0 bridgehead atoms. The van der Waals surface area contributed by atoms with Gasteiger partial charge in [-0.05, 0) is 18.9 Å². The van der Waals surface area contributed by atoms with Gasteiger partial charge in [0.15, 0.2) is 0 Å². The van der Waals surface area contributed by atoms with E-state index in [1.165, 1.54) is 76.8 Å². The third kappa shape index (κ3) is 16.2. The zero-order valence-electron chi connectivity index (χ0n) is 19.6. The summed E-state index contributed by atoms with van der Waals surface area (Å²) in [6.07, 6.45) is 19.3. The molecule has 182 valence electrons. The van der Waals surface area contributed by atoms with Gasteiger partial charge in [-0.25, -0.2) is 9.55 Å². The van der Waals surface area contributed by atoms with Gasteiger partial charge in [-0.1, -0.05) is 90.4 Å². The molecule has 0 aliphatic rings.